The molecular formula is C12H12BrN3O2. The Morgan fingerprint density at radius 2 is 2.11 bits per heavy atom. The maximum absolute atomic E-state index is 11.3. The van der Waals surface area contributed by atoms with Crippen molar-refractivity contribution in [2.75, 3.05) is 6.61 Å². The van der Waals surface area contributed by atoms with Gasteiger partial charge >= 0.3 is 5.97 Å². The molecule has 18 heavy (non-hydrogen) atoms. The highest BCUT2D eigenvalue weighted by molar-refractivity contribution is 9.10. The van der Waals surface area contributed by atoms with E-state index in [1.807, 2.05) is 24.3 Å². The Labute approximate surface area is 113 Å². The summed E-state index contributed by atoms with van der Waals surface area (Å²) in [7, 11) is 0. The van der Waals surface area contributed by atoms with E-state index < -0.39 is 0 Å². The highest BCUT2D eigenvalue weighted by Crippen LogP contribution is 2.19. The van der Waals surface area contributed by atoms with Gasteiger partial charge in [-0.2, -0.15) is 0 Å². The van der Waals surface area contributed by atoms with Crippen LogP contribution in [0.3, 0.4) is 0 Å². The summed E-state index contributed by atoms with van der Waals surface area (Å²) >= 11 is 3.37. The minimum absolute atomic E-state index is 0.0807. The predicted octanol–water partition coefficient (Wildman–Crippen LogP) is 2.27. The smallest absolute Gasteiger partial charge is 0.327 e. The molecule has 0 saturated heterocycles. The molecule has 1 heterocycles. The van der Waals surface area contributed by atoms with Crippen molar-refractivity contribution >= 4 is 21.9 Å². The van der Waals surface area contributed by atoms with Crippen LogP contribution in [-0.2, 0) is 16.1 Å². The average Bonchev–Trinajstić information content (AvgIpc) is 2.78. The number of rotatable bonds is 4. The Bertz CT molecular complexity index is 537. The maximum atomic E-state index is 11.3. The minimum atomic E-state index is -0.315. The number of aromatic nitrogens is 3. The highest BCUT2D eigenvalue weighted by Gasteiger charge is 2.07. The van der Waals surface area contributed by atoms with Gasteiger partial charge in [-0.3, -0.25) is 4.79 Å². The van der Waals surface area contributed by atoms with Gasteiger partial charge in [-0.15, -0.1) is 5.10 Å². The van der Waals surface area contributed by atoms with Crippen molar-refractivity contribution in [3.63, 3.8) is 0 Å². The summed E-state index contributed by atoms with van der Waals surface area (Å²) in [5, 5.41) is 7.91. The van der Waals surface area contributed by atoms with Crippen LogP contribution < -0.4 is 0 Å². The number of halogens is 1. The van der Waals surface area contributed by atoms with Crippen LogP contribution in [0.4, 0.5) is 0 Å². The Morgan fingerprint density at radius 3 is 2.78 bits per heavy atom. The van der Waals surface area contributed by atoms with Gasteiger partial charge in [-0.25, -0.2) is 4.68 Å². The Morgan fingerprint density at radius 1 is 1.39 bits per heavy atom. The minimum Gasteiger partial charge on any atom is -0.465 e. The lowest BCUT2D eigenvalue weighted by molar-refractivity contribution is -0.144. The van der Waals surface area contributed by atoms with Crippen LogP contribution >= 0.6 is 15.9 Å². The second-order valence-electron chi connectivity index (χ2n) is 3.61. The third-order valence-corrected chi connectivity index (χ3v) is 2.80. The van der Waals surface area contributed by atoms with Crippen molar-refractivity contribution in [2.24, 2.45) is 0 Å². The van der Waals surface area contributed by atoms with E-state index >= 15 is 0 Å². The molecule has 0 atom stereocenters. The van der Waals surface area contributed by atoms with Crippen LogP contribution in [0.1, 0.15) is 6.92 Å². The van der Waals surface area contributed by atoms with Crippen molar-refractivity contribution in [1.29, 1.82) is 0 Å². The molecule has 94 valence electrons. The average molecular weight is 310 g/mol. The third kappa shape index (κ3) is 3.16. The molecule has 2 aromatic rings. The predicted molar refractivity (Wildman–Crippen MR) is 69.8 cm³/mol. The zero-order valence-electron chi connectivity index (χ0n) is 9.84. The van der Waals surface area contributed by atoms with E-state index in [2.05, 4.69) is 26.2 Å². The van der Waals surface area contributed by atoms with Gasteiger partial charge in [0.15, 0.2) is 0 Å². The first-order chi connectivity index (χ1) is 8.69. The van der Waals surface area contributed by atoms with Crippen molar-refractivity contribution in [1.82, 2.24) is 15.0 Å². The van der Waals surface area contributed by atoms with Gasteiger partial charge in [0.05, 0.1) is 12.8 Å². The number of ether oxygens (including phenoxy) is 1. The summed E-state index contributed by atoms with van der Waals surface area (Å²) < 4.78 is 7.32. The molecule has 0 aliphatic rings. The molecule has 1 aromatic heterocycles. The van der Waals surface area contributed by atoms with Crippen LogP contribution in [0.5, 0.6) is 0 Å². The zero-order valence-corrected chi connectivity index (χ0v) is 11.4. The molecule has 0 fully saturated rings. The molecule has 0 amide bonds. The van der Waals surface area contributed by atoms with Crippen molar-refractivity contribution < 1.29 is 9.53 Å². The van der Waals surface area contributed by atoms with Gasteiger partial charge in [0.1, 0.15) is 12.2 Å². The first-order valence-corrected chi connectivity index (χ1v) is 6.30. The van der Waals surface area contributed by atoms with Crippen LogP contribution in [-0.4, -0.2) is 27.6 Å². The molecule has 0 saturated carbocycles. The van der Waals surface area contributed by atoms with Gasteiger partial charge in [0.2, 0.25) is 0 Å². The normalized spacial score (nSPS) is 10.3. The van der Waals surface area contributed by atoms with E-state index in [0.29, 0.717) is 6.61 Å². The number of hydrogen-bond donors (Lipinski definition) is 0. The van der Waals surface area contributed by atoms with E-state index in [-0.39, 0.29) is 12.5 Å². The van der Waals surface area contributed by atoms with Crippen LogP contribution in [0.2, 0.25) is 0 Å². The van der Waals surface area contributed by atoms with Crippen molar-refractivity contribution in [2.45, 2.75) is 13.5 Å². The van der Waals surface area contributed by atoms with Crippen LogP contribution in [0, 0.1) is 0 Å². The second-order valence-corrected chi connectivity index (χ2v) is 4.53. The van der Waals surface area contributed by atoms with Crippen LogP contribution in [0.25, 0.3) is 11.3 Å². The number of benzene rings is 1. The molecule has 0 aliphatic heterocycles. The molecular weight excluding hydrogens is 298 g/mol. The number of nitrogens with zero attached hydrogens (tertiary/aromatic N) is 3. The topological polar surface area (TPSA) is 57.0 Å². The molecule has 0 unspecified atom stereocenters. The summed E-state index contributed by atoms with van der Waals surface area (Å²) in [6.45, 7) is 2.22. The summed E-state index contributed by atoms with van der Waals surface area (Å²) in [6, 6.07) is 7.73. The summed E-state index contributed by atoms with van der Waals surface area (Å²) in [6.07, 6.45) is 1.72. The van der Waals surface area contributed by atoms with Crippen molar-refractivity contribution in [3.05, 3.63) is 34.9 Å². The fraction of sp³-hybridized carbons (Fsp3) is 0.250. The summed E-state index contributed by atoms with van der Waals surface area (Å²) in [5.74, 6) is -0.315. The van der Waals surface area contributed by atoms with E-state index in [4.69, 9.17) is 4.74 Å². The number of hydrogen-bond acceptors (Lipinski definition) is 4. The zero-order chi connectivity index (χ0) is 13.0. The molecule has 1 aromatic carbocycles. The molecule has 0 radical (unpaired) electrons. The van der Waals surface area contributed by atoms with Gasteiger partial charge in [0, 0.05) is 10.0 Å². The van der Waals surface area contributed by atoms with E-state index in [0.717, 1.165) is 15.7 Å². The van der Waals surface area contributed by atoms with Gasteiger partial charge in [-0.1, -0.05) is 33.3 Å². The maximum Gasteiger partial charge on any atom is 0.327 e. The first-order valence-electron chi connectivity index (χ1n) is 5.50. The molecule has 0 bridgehead atoms. The second kappa shape index (κ2) is 5.77. The Kier molecular flexibility index (Phi) is 4.09. The largest absolute Gasteiger partial charge is 0.465 e. The van der Waals surface area contributed by atoms with Gasteiger partial charge < -0.3 is 4.74 Å². The van der Waals surface area contributed by atoms with Crippen LogP contribution in [0.15, 0.2) is 34.9 Å². The lowest BCUT2D eigenvalue weighted by Crippen LogP contribution is -2.13. The summed E-state index contributed by atoms with van der Waals surface area (Å²) in [4.78, 5) is 11.3. The van der Waals surface area contributed by atoms with E-state index in [1.165, 1.54) is 4.68 Å². The molecule has 0 spiro atoms. The van der Waals surface area contributed by atoms with E-state index in [9.17, 15) is 4.79 Å². The monoisotopic (exact) mass is 309 g/mol. The van der Waals surface area contributed by atoms with Gasteiger partial charge in [-0.05, 0) is 19.1 Å². The fourth-order valence-electron chi connectivity index (χ4n) is 1.47. The molecule has 2 rings (SSSR count). The highest BCUT2D eigenvalue weighted by atomic mass is 79.9. The number of carbonyl (C=O) groups is 1. The molecule has 0 aliphatic carbocycles. The van der Waals surface area contributed by atoms with E-state index in [1.54, 1.807) is 13.1 Å². The molecule has 6 heteroatoms. The quantitative estimate of drug-likeness (QED) is 0.813. The summed E-state index contributed by atoms with van der Waals surface area (Å²) in [5.41, 5.74) is 1.68. The third-order valence-electron chi connectivity index (χ3n) is 2.28. The molecule has 5 nitrogen and oxygen atoms in total. The Hall–Kier alpha value is -1.69. The van der Waals surface area contributed by atoms with Gasteiger partial charge in [0.25, 0.3) is 0 Å². The van der Waals surface area contributed by atoms with Crippen molar-refractivity contribution in [3.8, 4) is 11.3 Å². The fourth-order valence-corrected chi connectivity index (χ4v) is 1.73. The first kappa shape index (κ1) is 12.8. The number of carbonyl (C=O) groups excluding carboxylic acids is 1. The SMILES string of the molecule is CCOC(=O)Cn1cc(-c2ccc(Br)cc2)nn1. The molecule has 0 N–H and O–H groups in total. The lowest BCUT2D eigenvalue weighted by atomic mass is 10.2. The standard InChI is InChI=1S/C12H12BrN3O2/c1-2-18-12(17)8-16-7-11(14-15-16)9-3-5-10(13)6-4-9/h3-7H,2,8H2,1H3. The number of esters is 1. The lowest BCUT2D eigenvalue weighted by Gasteiger charge is -2.00. The Balaban J connectivity index is 2.10.